The van der Waals surface area contributed by atoms with Gasteiger partial charge in [0.25, 0.3) is 0 Å². The van der Waals surface area contributed by atoms with Crippen molar-refractivity contribution in [3.05, 3.63) is 76.8 Å². The number of carbonyl (C=O) groups excluding carboxylic acids is 1. The quantitative estimate of drug-likeness (QED) is 0.444. The Morgan fingerprint density at radius 2 is 2.00 bits per heavy atom. The minimum atomic E-state index is -1.07. The molecule has 4 aromatic rings. The zero-order valence-electron chi connectivity index (χ0n) is 15.2. The van der Waals surface area contributed by atoms with E-state index in [0.29, 0.717) is 5.69 Å². The number of rotatable bonds is 5. The SMILES string of the molecule is Cc1ccc(C(=O)O)c(NC(=O)Cc2c[nH]c3ccc(-c4cccs4)cc23)c1. The first-order valence-corrected chi connectivity index (χ1v) is 9.67. The molecular weight excluding hydrogens is 372 g/mol. The number of nitrogens with one attached hydrogen (secondary N) is 2. The highest BCUT2D eigenvalue weighted by Crippen LogP contribution is 2.29. The van der Waals surface area contributed by atoms with Crippen LogP contribution in [0.5, 0.6) is 0 Å². The second-order valence-corrected chi connectivity index (χ2v) is 7.58. The lowest BCUT2D eigenvalue weighted by Crippen LogP contribution is -2.16. The molecule has 0 fully saturated rings. The number of amides is 1. The molecule has 0 aliphatic rings. The van der Waals surface area contributed by atoms with Crippen LogP contribution in [0.1, 0.15) is 21.5 Å². The van der Waals surface area contributed by atoms with Gasteiger partial charge in [-0.05, 0) is 59.3 Å². The van der Waals surface area contributed by atoms with Gasteiger partial charge in [-0.2, -0.15) is 0 Å². The van der Waals surface area contributed by atoms with Crippen molar-refractivity contribution in [3.63, 3.8) is 0 Å². The Morgan fingerprint density at radius 1 is 1.14 bits per heavy atom. The number of aryl methyl sites for hydroxylation is 1. The predicted octanol–water partition coefficient (Wildman–Crippen LogP) is 5.08. The zero-order valence-corrected chi connectivity index (χ0v) is 16.0. The Kier molecular flexibility index (Phi) is 4.71. The molecule has 1 amide bonds. The van der Waals surface area contributed by atoms with Crippen molar-refractivity contribution in [3.8, 4) is 10.4 Å². The summed E-state index contributed by atoms with van der Waals surface area (Å²) < 4.78 is 0. The number of hydrogen-bond acceptors (Lipinski definition) is 3. The highest BCUT2D eigenvalue weighted by molar-refractivity contribution is 7.13. The van der Waals surface area contributed by atoms with Crippen LogP contribution in [0.2, 0.25) is 0 Å². The Balaban J connectivity index is 1.60. The molecule has 2 aromatic carbocycles. The van der Waals surface area contributed by atoms with Gasteiger partial charge >= 0.3 is 5.97 Å². The summed E-state index contributed by atoms with van der Waals surface area (Å²) in [6.07, 6.45) is 1.98. The molecule has 0 atom stereocenters. The number of carboxylic acids is 1. The number of hydrogen-bond donors (Lipinski definition) is 3. The lowest BCUT2D eigenvalue weighted by atomic mass is 10.1. The van der Waals surface area contributed by atoms with Crippen molar-refractivity contribution in [2.24, 2.45) is 0 Å². The molecule has 28 heavy (non-hydrogen) atoms. The molecule has 6 heteroatoms. The summed E-state index contributed by atoms with van der Waals surface area (Å²) in [5.74, 6) is -1.32. The smallest absolute Gasteiger partial charge is 0.337 e. The predicted molar refractivity (Wildman–Crippen MR) is 112 cm³/mol. The molecule has 0 aliphatic heterocycles. The Morgan fingerprint density at radius 3 is 2.75 bits per heavy atom. The number of H-pyrrole nitrogens is 1. The molecular formula is C22H18N2O3S. The summed E-state index contributed by atoms with van der Waals surface area (Å²) in [4.78, 5) is 28.4. The molecule has 4 rings (SSSR count). The van der Waals surface area contributed by atoms with E-state index in [1.54, 1.807) is 23.5 Å². The zero-order chi connectivity index (χ0) is 19.7. The van der Waals surface area contributed by atoms with E-state index in [1.807, 2.05) is 30.6 Å². The minimum Gasteiger partial charge on any atom is -0.478 e. The number of aromatic carboxylic acids is 1. The Bertz CT molecular complexity index is 1180. The summed E-state index contributed by atoms with van der Waals surface area (Å²) in [7, 11) is 0. The average Bonchev–Trinajstić information content (AvgIpc) is 3.31. The van der Waals surface area contributed by atoms with Gasteiger partial charge in [0.05, 0.1) is 17.7 Å². The van der Waals surface area contributed by atoms with Gasteiger partial charge in [-0.15, -0.1) is 11.3 Å². The average molecular weight is 390 g/mol. The van der Waals surface area contributed by atoms with Gasteiger partial charge in [0.15, 0.2) is 0 Å². The minimum absolute atomic E-state index is 0.0814. The normalized spacial score (nSPS) is 10.9. The number of anilines is 1. The van der Waals surface area contributed by atoms with Gasteiger partial charge in [0.2, 0.25) is 5.91 Å². The van der Waals surface area contributed by atoms with E-state index in [1.165, 1.54) is 10.9 Å². The molecule has 3 N–H and O–H groups in total. The summed E-state index contributed by atoms with van der Waals surface area (Å²) in [6, 6.07) is 15.1. The maximum Gasteiger partial charge on any atom is 0.337 e. The molecule has 140 valence electrons. The first-order valence-electron chi connectivity index (χ1n) is 8.79. The van der Waals surface area contributed by atoms with Crippen molar-refractivity contribution in [2.75, 3.05) is 5.32 Å². The fraction of sp³-hybridized carbons (Fsp3) is 0.0909. The summed E-state index contributed by atoms with van der Waals surface area (Å²) in [5, 5.41) is 15.1. The van der Waals surface area contributed by atoms with E-state index in [2.05, 4.69) is 28.5 Å². The molecule has 0 spiro atoms. The lowest BCUT2D eigenvalue weighted by Gasteiger charge is -2.09. The number of carboxylic acid groups (broad SMARTS) is 1. The van der Waals surface area contributed by atoms with Crippen LogP contribution < -0.4 is 5.32 Å². The fourth-order valence-electron chi connectivity index (χ4n) is 3.24. The summed E-state index contributed by atoms with van der Waals surface area (Å²) in [5.41, 5.74) is 4.22. The highest BCUT2D eigenvalue weighted by atomic mass is 32.1. The van der Waals surface area contributed by atoms with E-state index in [9.17, 15) is 14.7 Å². The topological polar surface area (TPSA) is 82.2 Å². The van der Waals surface area contributed by atoms with Gasteiger partial charge in [0, 0.05) is 22.0 Å². The van der Waals surface area contributed by atoms with Crippen LogP contribution in [0.3, 0.4) is 0 Å². The second kappa shape index (κ2) is 7.32. The van der Waals surface area contributed by atoms with Crippen LogP contribution in [0.25, 0.3) is 21.3 Å². The van der Waals surface area contributed by atoms with E-state index in [0.717, 1.165) is 27.6 Å². The van der Waals surface area contributed by atoms with Crippen molar-refractivity contribution in [2.45, 2.75) is 13.3 Å². The largest absolute Gasteiger partial charge is 0.478 e. The molecule has 0 unspecified atom stereocenters. The lowest BCUT2D eigenvalue weighted by molar-refractivity contribution is -0.115. The number of carbonyl (C=O) groups is 2. The number of fused-ring (bicyclic) bond motifs is 1. The number of aromatic nitrogens is 1. The van der Waals surface area contributed by atoms with Crippen LogP contribution >= 0.6 is 11.3 Å². The third kappa shape index (κ3) is 3.54. The van der Waals surface area contributed by atoms with Crippen molar-refractivity contribution in [1.29, 1.82) is 0 Å². The molecule has 0 saturated carbocycles. The van der Waals surface area contributed by atoms with E-state index < -0.39 is 5.97 Å². The van der Waals surface area contributed by atoms with E-state index >= 15 is 0 Å². The van der Waals surface area contributed by atoms with E-state index in [-0.39, 0.29) is 17.9 Å². The fourth-order valence-corrected chi connectivity index (χ4v) is 3.96. The van der Waals surface area contributed by atoms with Crippen LogP contribution in [0, 0.1) is 6.92 Å². The van der Waals surface area contributed by atoms with Crippen LogP contribution in [-0.4, -0.2) is 22.0 Å². The molecule has 2 heterocycles. The second-order valence-electron chi connectivity index (χ2n) is 6.63. The third-order valence-corrected chi connectivity index (χ3v) is 5.52. The first-order chi connectivity index (χ1) is 13.5. The van der Waals surface area contributed by atoms with Gasteiger partial charge in [-0.1, -0.05) is 18.2 Å². The maximum atomic E-state index is 12.6. The monoisotopic (exact) mass is 390 g/mol. The summed E-state index contributed by atoms with van der Waals surface area (Å²) >= 11 is 1.67. The molecule has 0 radical (unpaired) electrons. The van der Waals surface area contributed by atoms with Crippen molar-refractivity contribution in [1.82, 2.24) is 4.98 Å². The Hall–Kier alpha value is -3.38. The molecule has 5 nitrogen and oxygen atoms in total. The van der Waals surface area contributed by atoms with Crippen molar-refractivity contribution >= 4 is 39.8 Å². The number of aromatic amines is 1. The van der Waals surface area contributed by atoms with Gasteiger partial charge in [0.1, 0.15) is 0 Å². The van der Waals surface area contributed by atoms with E-state index in [4.69, 9.17) is 0 Å². The van der Waals surface area contributed by atoms with Gasteiger partial charge in [-0.25, -0.2) is 4.79 Å². The number of benzene rings is 2. The molecule has 0 aliphatic carbocycles. The molecule has 0 saturated heterocycles. The standard InChI is InChI=1S/C22H18N2O3S/c1-13-4-6-16(22(26)27)19(9-13)24-21(25)11-15-12-23-18-7-5-14(10-17(15)18)20-3-2-8-28-20/h2-10,12,23H,11H2,1H3,(H,24,25)(H,26,27). The van der Waals surface area contributed by atoms with Gasteiger partial charge < -0.3 is 15.4 Å². The van der Waals surface area contributed by atoms with Crippen LogP contribution in [-0.2, 0) is 11.2 Å². The first kappa shape index (κ1) is 18.0. The molecule has 2 aromatic heterocycles. The number of thiophene rings is 1. The van der Waals surface area contributed by atoms with Crippen molar-refractivity contribution < 1.29 is 14.7 Å². The Labute approximate surface area is 165 Å². The van der Waals surface area contributed by atoms with Crippen LogP contribution in [0.4, 0.5) is 5.69 Å². The maximum absolute atomic E-state index is 12.6. The van der Waals surface area contributed by atoms with Crippen LogP contribution in [0.15, 0.2) is 60.1 Å². The summed E-state index contributed by atoms with van der Waals surface area (Å²) in [6.45, 7) is 1.85. The highest BCUT2D eigenvalue weighted by Gasteiger charge is 2.15. The van der Waals surface area contributed by atoms with Gasteiger partial charge in [-0.3, -0.25) is 4.79 Å². The molecule has 0 bridgehead atoms. The third-order valence-electron chi connectivity index (χ3n) is 4.60.